The molecule has 2 heterocycles. The highest BCUT2D eigenvalue weighted by molar-refractivity contribution is 5.78. The van der Waals surface area contributed by atoms with E-state index >= 15 is 0 Å². The molecule has 0 aromatic heterocycles. The fourth-order valence-electron chi connectivity index (χ4n) is 3.39. The molecule has 2 saturated heterocycles. The Morgan fingerprint density at radius 1 is 1.14 bits per heavy atom. The molecular weight excluding hydrogens is 284 g/mol. The molecule has 0 aliphatic carbocycles. The molecule has 2 rings (SSSR count). The number of rotatable bonds is 6. The highest BCUT2D eigenvalue weighted by Gasteiger charge is 2.38. The Hall–Kier alpha value is -0.730. The van der Waals surface area contributed by atoms with Crippen LogP contribution in [-0.4, -0.2) is 121 Å². The second-order valence-corrected chi connectivity index (χ2v) is 6.87. The van der Waals surface area contributed by atoms with E-state index in [0.29, 0.717) is 39.1 Å². The van der Waals surface area contributed by atoms with E-state index in [1.165, 1.54) is 0 Å². The van der Waals surface area contributed by atoms with Crippen molar-refractivity contribution >= 4 is 5.91 Å². The third kappa shape index (κ3) is 4.89. The largest absolute Gasteiger partial charge is 0.395 e. The molecule has 1 unspecified atom stereocenters. The van der Waals surface area contributed by atoms with Crippen LogP contribution >= 0.6 is 0 Å². The second kappa shape index (κ2) is 7.70. The first kappa shape index (κ1) is 17.6. The maximum atomic E-state index is 12.4. The van der Waals surface area contributed by atoms with Crippen molar-refractivity contribution in [1.82, 2.24) is 19.6 Å². The number of likely N-dealkylation sites (N-methyl/N-ethyl adjacent to an activating group) is 1. The van der Waals surface area contributed by atoms with E-state index in [0.717, 1.165) is 26.2 Å². The number of amides is 1. The molecule has 0 spiro atoms. The van der Waals surface area contributed by atoms with Crippen LogP contribution in [0.15, 0.2) is 0 Å². The molecule has 22 heavy (non-hydrogen) atoms. The van der Waals surface area contributed by atoms with Gasteiger partial charge in [-0.15, -0.1) is 0 Å². The predicted molar refractivity (Wildman–Crippen MR) is 84.7 cm³/mol. The third-order valence-corrected chi connectivity index (χ3v) is 4.54. The normalized spacial score (nSPS) is 27.8. The van der Waals surface area contributed by atoms with Crippen LogP contribution in [0.2, 0.25) is 0 Å². The van der Waals surface area contributed by atoms with E-state index in [-0.39, 0.29) is 12.5 Å². The van der Waals surface area contributed by atoms with Crippen LogP contribution in [0.3, 0.4) is 0 Å². The van der Waals surface area contributed by atoms with E-state index in [1.54, 1.807) is 4.90 Å². The fourth-order valence-corrected chi connectivity index (χ4v) is 3.39. The Labute approximate surface area is 133 Å². The van der Waals surface area contributed by atoms with Crippen molar-refractivity contribution in [3.63, 3.8) is 0 Å². The lowest BCUT2D eigenvalue weighted by Gasteiger charge is -2.34. The monoisotopic (exact) mass is 314 g/mol. The summed E-state index contributed by atoms with van der Waals surface area (Å²) in [6, 6.07) is 0. The van der Waals surface area contributed by atoms with Crippen molar-refractivity contribution in [1.29, 1.82) is 0 Å². The number of carbonyl (C=O) groups is 1. The van der Waals surface area contributed by atoms with Crippen LogP contribution in [0.5, 0.6) is 0 Å². The number of hydrogen-bond acceptors (Lipinski definition) is 6. The summed E-state index contributed by atoms with van der Waals surface area (Å²) in [6.45, 7) is 6.55. The quantitative estimate of drug-likeness (QED) is 0.598. The molecule has 0 radical (unpaired) electrons. The molecule has 0 bridgehead atoms. The van der Waals surface area contributed by atoms with Gasteiger partial charge in [-0.1, -0.05) is 0 Å². The first-order valence-corrected chi connectivity index (χ1v) is 8.12. The molecule has 2 aliphatic rings. The number of β-amino-alcohol motifs (C(OH)–C–C–N with tert-alkyl or cyclic N) is 2. The van der Waals surface area contributed by atoms with Gasteiger partial charge >= 0.3 is 0 Å². The Bertz CT molecular complexity index is 372. The van der Waals surface area contributed by atoms with Gasteiger partial charge in [0.2, 0.25) is 5.91 Å². The predicted octanol–water partition coefficient (Wildman–Crippen LogP) is -1.88. The van der Waals surface area contributed by atoms with Crippen LogP contribution in [-0.2, 0) is 4.79 Å². The van der Waals surface area contributed by atoms with Crippen LogP contribution in [0.1, 0.15) is 6.42 Å². The number of aliphatic hydroxyl groups excluding tert-OH is 1. The van der Waals surface area contributed by atoms with Crippen molar-refractivity contribution in [3.8, 4) is 0 Å². The summed E-state index contributed by atoms with van der Waals surface area (Å²) in [7, 11) is 3.88. The summed E-state index contributed by atoms with van der Waals surface area (Å²) in [6.07, 6.45) is 0.654. The van der Waals surface area contributed by atoms with Crippen LogP contribution in [0.4, 0.5) is 0 Å². The van der Waals surface area contributed by atoms with E-state index in [4.69, 9.17) is 5.11 Å². The zero-order valence-electron chi connectivity index (χ0n) is 13.9. The number of piperazine rings is 1. The van der Waals surface area contributed by atoms with Gasteiger partial charge in [0.05, 0.1) is 25.3 Å². The number of likely N-dealkylation sites (tertiary alicyclic amines) is 1. The molecule has 7 nitrogen and oxygen atoms in total. The Morgan fingerprint density at radius 3 is 2.36 bits per heavy atom. The van der Waals surface area contributed by atoms with E-state index in [2.05, 4.69) is 9.80 Å². The first-order valence-electron chi connectivity index (χ1n) is 8.12. The minimum absolute atomic E-state index is 0.116. The van der Waals surface area contributed by atoms with Crippen LogP contribution < -0.4 is 0 Å². The van der Waals surface area contributed by atoms with Gasteiger partial charge in [0.1, 0.15) is 0 Å². The highest BCUT2D eigenvalue weighted by Crippen LogP contribution is 2.22. The summed E-state index contributed by atoms with van der Waals surface area (Å²) in [4.78, 5) is 20.5. The maximum Gasteiger partial charge on any atom is 0.236 e. The molecule has 1 amide bonds. The molecule has 2 fully saturated rings. The summed E-state index contributed by atoms with van der Waals surface area (Å²) in [5.74, 6) is 0.116. The van der Waals surface area contributed by atoms with Gasteiger partial charge in [0, 0.05) is 45.8 Å². The van der Waals surface area contributed by atoms with Crippen molar-refractivity contribution in [2.45, 2.75) is 12.0 Å². The zero-order valence-corrected chi connectivity index (χ0v) is 13.9. The van der Waals surface area contributed by atoms with Gasteiger partial charge in [0.25, 0.3) is 0 Å². The first-order chi connectivity index (χ1) is 10.4. The van der Waals surface area contributed by atoms with Crippen LogP contribution in [0.25, 0.3) is 0 Å². The minimum Gasteiger partial charge on any atom is -0.395 e. The summed E-state index contributed by atoms with van der Waals surface area (Å²) in [5.41, 5.74) is -0.765. The molecule has 7 heteroatoms. The van der Waals surface area contributed by atoms with Crippen molar-refractivity contribution < 1.29 is 15.0 Å². The second-order valence-electron chi connectivity index (χ2n) is 6.87. The van der Waals surface area contributed by atoms with Gasteiger partial charge < -0.3 is 20.0 Å². The van der Waals surface area contributed by atoms with Gasteiger partial charge in [-0.25, -0.2) is 0 Å². The van der Waals surface area contributed by atoms with E-state index in [1.807, 2.05) is 19.0 Å². The van der Waals surface area contributed by atoms with E-state index < -0.39 is 5.60 Å². The minimum atomic E-state index is -0.765. The number of carbonyl (C=O) groups excluding carboxylic acids is 1. The third-order valence-electron chi connectivity index (χ3n) is 4.54. The number of hydrogen-bond donors (Lipinski definition) is 2. The lowest BCUT2D eigenvalue weighted by Crippen LogP contribution is -2.51. The molecule has 0 aromatic carbocycles. The fraction of sp³-hybridized carbons (Fsp3) is 0.933. The Balaban J connectivity index is 1.75. The van der Waals surface area contributed by atoms with Gasteiger partial charge in [-0.05, 0) is 20.5 Å². The maximum absolute atomic E-state index is 12.4. The molecule has 0 aromatic rings. The summed E-state index contributed by atoms with van der Waals surface area (Å²) in [5, 5.41) is 19.4. The molecule has 128 valence electrons. The van der Waals surface area contributed by atoms with Crippen molar-refractivity contribution in [2.75, 3.05) is 79.6 Å². The summed E-state index contributed by atoms with van der Waals surface area (Å²) < 4.78 is 0. The highest BCUT2D eigenvalue weighted by atomic mass is 16.3. The Kier molecular flexibility index (Phi) is 6.17. The topological polar surface area (TPSA) is 70.5 Å². The molecule has 1 atom stereocenters. The lowest BCUT2D eigenvalue weighted by molar-refractivity contribution is -0.133. The van der Waals surface area contributed by atoms with Crippen LogP contribution in [0, 0.1) is 0 Å². The van der Waals surface area contributed by atoms with Crippen molar-refractivity contribution in [3.05, 3.63) is 0 Å². The average Bonchev–Trinajstić information content (AvgIpc) is 2.82. The standard InChI is InChI=1S/C15H30N4O3/c1-16(2)12-15(22)3-4-19(13-15)14(21)11-18-7-5-17(6-8-18)9-10-20/h20,22H,3-13H2,1-2H3. The van der Waals surface area contributed by atoms with Crippen molar-refractivity contribution in [2.24, 2.45) is 0 Å². The van der Waals surface area contributed by atoms with Gasteiger partial charge in [-0.2, -0.15) is 0 Å². The molecule has 0 saturated carbocycles. The molecular formula is C15H30N4O3. The smallest absolute Gasteiger partial charge is 0.236 e. The molecule has 2 aliphatic heterocycles. The van der Waals surface area contributed by atoms with Gasteiger partial charge in [0.15, 0.2) is 0 Å². The lowest BCUT2D eigenvalue weighted by atomic mass is 10.0. The number of nitrogens with zero attached hydrogens (tertiary/aromatic N) is 4. The summed E-state index contributed by atoms with van der Waals surface area (Å²) >= 11 is 0. The SMILES string of the molecule is CN(C)CC1(O)CCN(C(=O)CN2CCN(CCO)CC2)C1. The van der Waals surface area contributed by atoms with Gasteiger partial charge in [-0.3, -0.25) is 14.6 Å². The van der Waals surface area contributed by atoms with E-state index in [9.17, 15) is 9.90 Å². The average molecular weight is 314 g/mol. The molecule has 2 N–H and O–H groups in total. The Morgan fingerprint density at radius 2 is 1.77 bits per heavy atom. The number of aliphatic hydroxyl groups is 2. The zero-order chi connectivity index (χ0) is 16.2.